The first-order valence-electron chi connectivity index (χ1n) is 11.2. The summed E-state index contributed by atoms with van der Waals surface area (Å²) in [5.41, 5.74) is 3.37. The normalized spacial score (nSPS) is 11.2. The Balaban J connectivity index is 1.70. The molecule has 3 aromatic rings. The highest BCUT2D eigenvalue weighted by molar-refractivity contribution is 5.88. The molecule has 2 aromatic carbocycles. The third-order valence-corrected chi connectivity index (χ3v) is 5.32. The van der Waals surface area contributed by atoms with Crippen molar-refractivity contribution in [3.05, 3.63) is 75.1 Å². The lowest BCUT2D eigenvalue weighted by Crippen LogP contribution is -2.06. The summed E-state index contributed by atoms with van der Waals surface area (Å²) in [5, 5.41) is 0.759. The van der Waals surface area contributed by atoms with E-state index in [2.05, 4.69) is 6.92 Å². The van der Waals surface area contributed by atoms with Gasteiger partial charge in [0.05, 0.1) is 13.2 Å². The smallest absolute Gasteiger partial charge is 0.336 e. The lowest BCUT2D eigenvalue weighted by Gasteiger charge is -2.12. The van der Waals surface area contributed by atoms with Gasteiger partial charge in [-0.2, -0.15) is 0 Å². The van der Waals surface area contributed by atoms with Gasteiger partial charge in [-0.3, -0.25) is 0 Å². The highest BCUT2D eigenvalue weighted by Gasteiger charge is 2.11. The second-order valence-corrected chi connectivity index (χ2v) is 7.76. The van der Waals surface area contributed by atoms with Crippen molar-refractivity contribution in [2.45, 2.75) is 47.1 Å². The zero-order valence-electron chi connectivity index (χ0n) is 19.6. The maximum Gasteiger partial charge on any atom is 0.336 e. The zero-order chi connectivity index (χ0) is 23.8. The van der Waals surface area contributed by atoms with Gasteiger partial charge in [-0.25, -0.2) is 9.59 Å². The molecule has 0 aliphatic rings. The molecule has 0 atom stereocenters. The van der Waals surface area contributed by atoms with Crippen LogP contribution in [0.2, 0.25) is 0 Å². The molecule has 1 heterocycles. The van der Waals surface area contributed by atoms with Crippen LogP contribution in [0.3, 0.4) is 0 Å². The van der Waals surface area contributed by atoms with Gasteiger partial charge in [0, 0.05) is 23.1 Å². The predicted molar refractivity (Wildman–Crippen MR) is 129 cm³/mol. The van der Waals surface area contributed by atoms with Crippen LogP contribution in [0.4, 0.5) is 0 Å². The van der Waals surface area contributed by atoms with E-state index in [1.807, 2.05) is 51.1 Å². The van der Waals surface area contributed by atoms with Crippen LogP contribution in [0.1, 0.15) is 48.9 Å². The van der Waals surface area contributed by atoms with Gasteiger partial charge >= 0.3 is 11.6 Å². The van der Waals surface area contributed by atoms with Crippen molar-refractivity contribution < 1.29 is 23.4 Å². The minimum Gasteiger partial charge on any atom is -0.490 e. The monoisotopic (exact) mass is 450 g/mol. The molecular formula is C27H30O6. The number of hydrogen-bond donors (Lipinski definition) is 0. The second-order valence-electron chi connectivity index (χ2n) is 7.76. The summed E-state index contributed by atoms with van der Waals surface area (Å²) in [6, 6.07) is 10.7. The number of unbranched alkanes of at least 4 members (excludes halogenated alkanes) is 1. The van der Waals surface area contributed by atoms with Gasteiger partial charge in [0.2, 0.25) is 0 Å². The number of carbonyl (C=O) groups excluding carboxylic acids is 1. The van der Waals surface area contributed by atoms with Gasteiger partial charge < -0.3 is 18.6 Å². The van der Waals surface area contributed by atoms with E-state index in [9.17, 15) is 9.59 Å². The first-order chi connectivity index (χ1) is 15.9. The number of fused-ring (bicyclic) bond motifs is 1. The first-order valence-corrected chi connectivity index (χ1v) is 11.2. The molecule has 0 unspecified atom stereocenters. The maximum absolute atomic E-state index is 12.3. The van der Waals surface area contributed by atoms with Crippen molar-refractivity contribution in [2.24, 2.45) is 0 Å². The van der Waals surface area contributed by atoms with Gasteiger partial charge in [0.1, 0.15) is 12.2 Å². The molecule has 0 N–H and O–H groups in total. The third-order valence-electron chi connectivity index (χ3n) is 5.32. The van der Waals surface area contributed by atoms with E-state index in [0.29, 0.717) is 35.9 Å². The molecular weight excluding hydrogens is 420 g/mol. The van der Waals surface area contributed by atoms with Crippen molar-refractivity contribution in [1.29, 1.82) is 0 Å². The van der Waals surface area contributed by atoms with E-state index < -0.39 is 11.6 Å². The molecule has 1 aromatic heterocycles. The number of ether oxygens (including phenoxy) is 3. The summed E-state index contributed by atoms with van der Waals surface area (Å²) in [6.07, 6.45) is 5.03. The fourth-order valence-electron chi connectivity index (χ4n) is 3.35. The maximum atomic E-state index is 12.3. The van der Waals surface area contributed by atoms with Gasteiger partial charge in [-0.05, 0) is 62.1 Å². The van der Waals surface area contributed by atoms with Gasteiger partial charge in [-0.1, -0.05) is 31.5 Å². The lowest BCUT2D eigenvalue weighted by molar-refractivity contribution is -0.138. The Bertz CT molecular complexity index is 1210. The molecule has 3 rings (SSSR count). The molecule has 0 aliphatic carbocycles. The molecule has 0 radical (unpaired) electrons. The van der Waals surface area contributed by atoms with Crippen molar-refractivity contribution in [3.8, 4) is 11.5 Å². The molecule has 0 saturated carbocycles. The van der Waals surface area contributed by atoms with Crippen LogP contribution in [0.5, 0.6) is 11.5 Å². The third kappa shape index (κ3) is 6.25. The number of benzene rings is 2. The van der Waals surface area contributed by atoms with E-state index in [-0.39, 0.29) is 6.61 Å². The highest BCUT2D eigenvalue weighted by Crippen LogP contribution is 2.29. The van der Waals surface area contributed by atoms with Gasteiger partial charge in [0.25, 0.3) is 0 Å². The minimum absolute atomic E-state index is 0.0256. The van der Waals surface area contributed by atoms with Crippen LogP contribution in [0.25, 0.3) is 17.0 Å². The van der Waals surface area contributed by atoms with Crippen molar-refractivity contribution >= 4 is 23.0 Å². The van der Waals surface area contributed by atoms with E-state index in [1.165, 1.54) is 12.1 Å². The van der Waals surface area contributed by atoms with Crippen molar-refractivity contribution in [1.82, 2.24) is 0 Å². The zero-order valence-corrected chi connectivity index (χ0v) is 19.6. The molecule has 33 heavy (non-hydrogen) atoms. The average Bonchev–Trinajstić information content (AvgIpc) is 2.80. The Labute approximate surface area is 193 Å². The molecule has 0 aliphatic heterocycles. The lowest BCUT2D eigenvalue weighted by atomic mass is 10.0. The van der Waals surface area contributed by atoms with Crippen molar-refractivity contribution in [2.75, 3.05) is 13.2 Å². The van der Waals surface area contributed by atoms with Crippen LogP contribution >= 0.6 is 0 Å². The molecule has 0 fully saturated rings. The molecule has 0 bridgehead atoms. The Morgan fingerprint density at radius 3 is 2.61 bits per heavy atom. The summed E-state index contributed by atoms with van der Waals surface area (Å²) in [4.78, 5) is 24.3. The number of aryl methyl sites for hydroxylation is 2. The Hall–Kier alpha value is -3.54. The summed E-state index contributed by atoms with van der Waals surface area (Å²) in [6.45, 7) is 8.98. The van der Waals surface area contributed by atoms with Crippen LogP contribution in [0, 0.1) is 13.8 Å². The summed E-state index contributed by atoms with van der Waals surface area (Å²) in [7, 11) is 0. The number of hydrogen-bond acceptors (Lipinski definition) is 6. The number of rotatable bonds is 10. The van der Waals surface area contributed by atoms with Crippen LogP contribution in [-0.4, -0.2) is 19.2 Å². The van der Waals surface area contributed by atoms with E-state index in [1.54, 1.807) is 6.08 Å². The minimum atomic E-state index is -0.513. The molecule has 174 valence electrons. The van der Waals surface area contributed by atoms with Crippen LogP contribution in [-0.2, 0) is 16.1 Å². The fraction of sp³-hybridized carbons (Fsp3) is 0.333. The summed E-state index contributed by atoms with van der Waals surface area (Å²) < 4.78 is 22.2. The summed E-state index contributed by atoms with van der Waals surface area (Å²) >= 11 is 0. The largest absolute Gasteiger partial charge is 0.490 e. The molecule has 0 saturated heterocycles. The summed E-state index contributed by atoms with van der Waals surface area (Å²) in [5.74, 6) is 0.809. The van der Waals surface area contributed by atoms with E-state index in [0.717, 1.165) is 34.9 Å². The predicted octanol–water partition coefficient (Wildman–Crippen LogP) is 5.74. The fourth-order valence-corrected chi connectivity index (χ4v) is 3.35. The number of carbonyl (C=O) groups is 1. The van der Waals surface area contributed by atoms with Crippen LogP contribution in [0.15, 0.2) is 51.7 Å². The van der Waals surface area contributed by atoms with Crippen molar-refractivity contribution in [3.63, 3.8) is 0 Å². The Morgan fingerprint density at radius 1 is 1.03 bits per heavy atom. The Kier molecular flexibility index (Phi) is 8.30. The SMILES string of the molecule is CCCCOc1ccc(C=CC(=O)OCc2cc(=O)oc3c(C)c(C)ccc23)cc1OCC. The van der Waals surface area contributed by atoms with Crippen LogP contribution < -0.4 is 15.1 Å². The average molecular weight is 451 g/mol. The van der Waals surface area contributed by atoms with E-state index in [4.69, 9.17) is 18.6 Å². The molecule has 6 heteroatoms. The van der Waals surface area contributed by atoms with Gasteiger partial charge in [0.15, 0.2) is 11.5 Å². The molecule has 0 amide bonds. The first kappa shape index (κ1) is 24.1. The highest BCUT2D eigenvalue weighted by atomic mass is 16.5. The van der Waals surface area contributed by atoms with E-state index >= 15 is 0 Å². The number of esters is 1. The Morgan fingerprint density at radius 2 is 1.85 bits per heavy atom. The second kappa shape index (κ2) is 11.4. The standard InChI is InChI=1S/C27H30O6/c1-5-7-14-31-23-12-9-20(15-24(23)30-6-2)10-13-25(28)32-17-21-16-26(29)33-27-19(4)18(3)8-11-22(21)27/h8-13,15-16H,5-7,14,17H2,1-4H3. The van der Waals surface area contributed by atoms with Gasteiger partial charge in [-0.15, -0.1) is 0 Å². The quantitative estimate of drug-likeness (QED) is 0.170. The molecule has 0 spiro atoms. The molecule has 6 nitrogen and oxygen atoms in total. The topological polar surface area (TPSA) is 75.0 Å².